The summed E-state index contributed by atoms with van der Waals surface area (Å²) >= 11 is 3.31. The molecule has 0 saturated carbocycles. The third kappa shape index (κ3) is 6.55. The van der Waals surface area contributed by atoms with Crippen LogP contribution in [0.4, 0.5) is 31.1 Å². The predicted octanol–water partition coefficient (Wildman–Crippen LogP) is 7.90. The summed E-state index contributed by atoms with van der Waals surface area (Å²) < 4.78 is 85.6. The molecule has 12 heteroatoms. The Hall–Kier alpha value is -1.57. The maximum atomic E-state index is 13.3. The van der Waals surface area contributed by atoms with Gasteiger partial charge >= 0.3 is 18.4 Å². The molecule has 1 aliphatic heterocycles. The summed E-state index contributed by atoms with van der Waals surface area (Å²) in [5.41, 5.74) is -3.41. The van der Waals surface area contributed by atoms with Crippen molar-refractivity contribution in [2.45, 2.75) is 61.9 Å². The van der Waals surface area contributed by atoms with Gasteiger partial charge in [0.2, 0.25) is 0 Å². The van der Waals surface area contributed by atoms with E-state index in [0.717, 1.165) is 12.1 Å². The number of hydrogen-bond donors (Lipinski definition) is 0. The van der Waals surface area contributed by atoms with Crippen LogP contribution in [0.25, 0.3) is 11.3 Å². The minimum Gasteiger partial charge on any atom is -0.444 e. The second-order valence-corrected chi connectivity index (χ2v) is 10.9. The zero-order valence-corrected chi connectivity index (χ0v) is 21.6. The monoisotopic (exact) mass is 620 g/mol. The molecule has 0 radical (unpaired) electrons. The van der Waals surface area contributed by atoms with Gasteiger partial charge in [-0.25, -0.2) is 9.78 Å². The first-order valence-electron chi connectivity index (χ1n) is 10.4. The Morgan fingerprint density at radius 3 is 2.03 bits per heavy atom. The van der Waals surface area contributed by atoms with Crippen LogP contribution < -0.4 is 0 Å². The Morgan fingerprint density at radius 1 is 1.06 bits per heavy atom. The van der Waals surface area contributed by atoms with Crippen LogP contribution in [-0.2, 0) is 21.5 Å². The quantitative estimate of drug-likeness (QED) is 0.199. The lowest BCUT2D eigenvalue weighted by Gasteiger charge is -2.32. The molecular formula is C22H23F6IN2O2S. The Labute approximate surface area is 210 Å². The molecule has 1 saturated heterocycles. The molecule has 188 valence electrons. The van der Waals surface area contributed by atoms with Crippen LogP contribution in [0, 0.1) is 0 Å². The van der Waals surface area contributed by atoms with Crippen LogP contribution in [0.2, 0.25) is 0 Å². The molecule has 34 heavy (non-hydrogen) atoms. The van der Waals surface area contributed by atoms with Gasteiger partial charge in [0.15, 0.2) is 0 Å². The Kier molecular flexibility index (Phi) is 7.81. The first-order chi connectivity index (χ1) is 15.6. The number of piperidine rings is 1. The number of thiazole rings is 1. The Balaban J connectivity index is 1.88. The van der Waals surface area contributed by atoms with Gasteiger partial charge in [-0.2, -0.15) is 26.3 Å². The van der Waals surface area contributed by atoms with Crippen molar-refractivity contribution in [3.8, 4) is 11.3 Å². The van der Waals surface area contributed by atoms with Crippen molar-refractivity contribution in [2.24, 2.45) is 0 Å². The number of amides is 1. The van der Waals surface area contributed by atoms with E-state index in [1.165, 1.54) is 11.3 Å². The molecule has 4 nitrogen and oxygen atoms in total. The second kappa shape index (κ2) is 9.82. The van der Waals surface area contributed by atoms with E-state index >= 15 is 0 Å². The van der Waals surface area contributed by atoms with Gasteiger partial charge in [-0.1, -0.05) is 22.6 Å². The third-order valence-electron chi connectivity index (χ3n) is 5.19. The number of carbonyl (C=O) groups excluding carboxylic acids is 1. The zero-order chi connectivity index (χ0) is 25.5. The fourth-order valence-electron chi connectivity index (χ4n) is 3.59. The first-order valence-corrected chi connectivity index (χ1v) is 12.8. The Bertz CT molecular complexity index is 1010. The number of nitrogens with zero attached hydrogens (tertiary/aromatic N) is 2. The maximum Gasteiger partial charge on any atom is 0.416 e. The minimum absolute atomic E-state index is 0.0491. The summed E-state index contributed by atoms with van der Waals surface area (Å²) in [5, 5.41) is 0.650. The number of benzene rings is 1. The molecule has 1 amide bonds. The molecule has 0 N–H and O–H groups in total. The van der Waals surface area contributed by atoms with Crippen LogP contribution in [0.1, 0.15) is 60.5 Å². The van der Waals surface area contributed by atoms with E-state index in [4.69, 9.17) is 4.74 Å². The van der Waals surface area contributed by atoms with Crippen molar-refractivity contribution in [2.75, 3.05) is 13.1 Å². The van der Waals surface area contributed by atoms with E-state index in [1.54, 1.807) is 25.7 Å². The van der Waals surface area contributed by atoms with Gasteiger partial charge in [0, 0.05) is 33.9 Å². The molecule has 3 rings (SSSR count). The van der Waals surface area contributed by atoms with E-state index in [1.807, 2.05) is 22.6 Å². The van der Waals surface area contributed by atoms with Crippen LogP contribution in [0.5, 0.6) is 0 Å². The lowest BCUT2D eigenvalue weighted by atomic mass is 9.97. The van der Waals surface area contributed by atoms with Crippen molar-refractivity contribution in [3.63, 3.8) is 0 Å². The summed E-state index contributed by atoms with van der Waals surface area (Å²) in [6.07, 6.45) is -9.11. The van der Waals surface area contributed by atoms with E-state index in [-0.39, 0.29) is 23.2 Å². The van der Waals surface area contributed by atoms with E-state index in [0.29, 0.717) is 40.2 Å². The van der Waals surface area contributed by atoms with Gasteiger partial charge < -0.3 is 9.64 Å². The number of rotatable bonds is 3. The van der Waals surface area contributed by atoms with Crippen molar-refractivity contribution in [1.29, 1.82) is 0 Å². The number of likely N-dealkylation sites (tertiary alicyclic amines) is 1. The summed E-state index contributed by atoms with van der Waals surface area (Å²) in [7, 11) is 0. The highest BCUT2D eigenvalue weighted by atomic mass is 127. The molecule has 0 spiro atoms. The average molecular weight is 620 g/mol. The van der Waals surface area contributed by atoms with Gasteiger partial charge in [0.25, 0.3) is 0 Å². The van der Waals surface area contributed by atoms with Crippen LogP contribution in [0.15, 0.2) is 18.2 Å². The summed E-state index contributed by atoms with van der Waals surface area (Å²) in [6.45, 7) is 6.18. The van der Waals surface area contributed by atoms with Crippen molar-refractivity contribution < 1.29 is 35.9 Å². The number of aromatic nitrogens is 1. The van der Waals surface area contributed by atoms with E-state index < -0.39 is 35.2 Å². The molecule has 1 fully saturated rings. The number of ether oxygens (including phenoxy) is 1. The van der Waals surface area contributed by atoms with Crippen molar-refractivity contribution in [1.82, 2.24) is 9.88 Å². The first kappa shape index (κ1) is 27.0. The van der Waals surface area contributed by atoms with Crippen molar-refractivity contribution in [3.05, 3.63) is 39.2 Å². The lowest BCUT2D eigenvalue weighted by Crippen LogP contribution is -2.41. The van der Waals surface area contributed by atoms with E-state index in [2.05, 4.69) is 4.98 Å². The molecule has 0 aliphatic carbocycles. The molecule has 0 atom stereocenters. The third-order valence-corrected chi connectivity index (χ3v) is 7.69. The number of carbonyl (C=O) groups is 1. The highest BCUT2D eigenvalue weighted by Crippen LogP contribution is 2.42. The second-order valence-electron chi connectivity index (χ2n) is 8.99. The topological polar surface area (TPSA) is 42.4 Å². The summed E-state index contributed by atoms with van der Waals surface area (Å²) in [4.78, 5) is 19.0. The highest BCUT2D eigenvalue weighted by Gasteiger charge is 2.38. The molecular weight excluding hydrogens is 597 g/mol. The molecule has 2 heterocycles. The fraction of sp³-hybridized carbons (Fsp3) is 0.545. The van der Waals surface area contributed by atoms with Gasteiger partial charge in [-0.15, -0.1) is 11.3 Å². The smallest absolute Gasteiger partial charge is 0.416 e. The summed E-state index contributed by atoms with van der Waals surface area (Å²) in [5.74, 6) is -0.0491. The maximum absolute atomic E-state index is 13.3. The molecule has 0 unspecified atom stereocenters. The average Bonchev–Trinajstić information content (AvgIpc) is 3.15. The van der Waals surface area contributed by atoms with Crippen LogP contribution in [0.3, 0.4) is 0 Å². The van der Waals surface area contributed by atoms with E-state index in [9.17, 15) is 31.1 Å². The Morgan fingerprint density at radius 2 is 1.59 bits per heavy atom. The summed E-state index contributed by atoms with van der Waals surface area (Å²) in [6, 6.07) is 1.55. The lowest BCUT2D eigenvalue weighted by molar-refractivity contribution is -0.143. The zero-order valence-electron chi connectivity index (χ0n) is 18.6. The van der Waals surface area contributed by atoms with Gasteiger partial charge in [-0.3, -0.25) is 0 Å². The molecule has 0 bridgehead atoms. The highest BCUT2D eigenvalue weighted by molar-refractivity contribution is 14.1. The molecule has 1 aliphatic rings. The largest absolute Gasteiger partial charge is 0.444 e. The predicted molar refractivity (Wildman–Crippen MR) is 125 cm³/mol. The van der Waals surface area contributed by atoms with Crippen molar-refractivity contribution >= 4 is 40.0 Å². The molecule has 1 aromatic heterocycles. The number of hydrogen-bond acceptors (Lipinski definition) is 4. The van der Waals surface area contributed by atoms with Crippen LogP contribution in [-0.4, -0.2) is 34.7 Å². The van der Waals surface area contributed by atoms with Gasteiger partial charge in [0.05, 0.1) is 21.8 Å². The fourth-order valence-corrected chi connectivity index (χ4v) is 5.52. The standard InChI is InChI=1S/C22H23F6IN2O2S/c1-20(2,3)33-19(32)31-6-4-12(5-7-31)18-30-17(16(11-29)34-18)13-8-14(21(23,24)25)10-15(9-13)22(26,27)28/h8-10,12H,4-7,11H2,1-3H3. The van der Waals surface area contributed by atoms with Gasteiger partial charge in [0.1, 0.15) is 5.60 Å². The SMILES string of the molecule is CC(C)(C)OC(=O)N1CCC(c2nc(-c3cc(C(F)(F)F)cc(C(F)(F)F)c3)c(CI)s2)CC1. The number of alkyl halides is 7. The molecule has 1 aromatic carbocycles. The molecule has 2 aromatic rings. The normalized spacial score (nSPS) is 16.1. The number of halogens is 7. The van der Waals surface area contributed by atoms with Gasteiger partial charge in [-0.05, 0) is 51.8 Å². The van der Waals surface area contributed by atoms with Crippen LogP contribution >= 0.6 is 33.9 Å². The minimum atomic E-state index is -4.92.